The molecule has 0 fully saturated rings. The van der Waals surface area contributed by atoms with Crippen LogP contribution in [0, 0.1) is 0 Å². The van der Waals surface area contributed by atoms with E-state index in [1.54, 1.807) is 23.1 Å². The van der Waals surface area contributed by atoms with E-state index in [0.29, 0.717) is 5.25 Å². The fourth-order valence-corrected chi connectivity index (χ4v) is 4.27. The molecule has 0 spiro atoms. The minimum atomic E-state index is 0.386. The zero-order valence-electron chi connectivity index (χ0n) is 13.2. The van der Waals surface area contributed by atoms with Gasteiger partial charge in [0.2, 0.25) is 0 Å². The maximum absolute atomic E-state index is 4.76. The first-order chi connectivity index (χ1) is 11.8. The van der Waals surface area contributed by atoms with Crippen molar-refractivity contribution < 1.29 is 0 Å². The molecular weight excluding hydrogens is 336 g/mol. The summed E-state index contributed by atoms with van der Waals surface area (Å²) >= 11 is 3.43. The van der Waals surface area contributed by atoms with Gasteiger partial charge in [-0.25, -0.2) is 0 Å². The Labute approximate surface area is 148 Å². The van der Waals surface area contributed by atoms with Crippen LogP contribution in [-0.4, -0.2) is 19.8 Å². The van der Waals surface area contributed by atoms with Gasteiger partial charge in [0.1, 0.15) is 5.03 Å². The normalized spacial score (nSPS) is 12.5. The van der Waals surface area contributed by atoms with Gasteiger partial charge in [0.05, 0.1) is 0 Å². The Bertz CT molecular complexity index is 932. The third-order valence-corrected chi connectivity index (χ3v) is 5.86. The lowest BCUT2D eigenvalue weighted by Crippen LogP contribution is -1.98. The molecular formula is C18H16N4S2. The molecule has 0 bridgehead atoms. The number of fused-ring (bicyclic) bond motifs is 1. The molecule has 1 aromatic carbocycles. The van der Waals surface area contributed by atoms with Crippen LogP contribution in [0.25, 0.3) is 17.0 Å². The molecule has 0 aliphatic heterocycles. The third kappa shape index (κ3) is 2.95. The fourth-order valence-electron chi connectivity index (χ4n) is 2.61. The van der Waals surface area contributed by atoms with E-state index in [1.807, 2.05) is 28.1 Å². The lowest BCUT2D eigenvalue weighted by atomic mass is 10.1. The number of thiophene rings is 1. The van der Waals surface area contributed by atoms with Crippen LogP contribution in [0.2, 0.25) is 0 Å². The Balaban J connectivity index is 1.68. The summed E-state index contributed by atoms with van der Waals surface area (Å²) in [6.07, 6.45) is 1.05. The van der Waals surface area contributed by atoms with Gasteiger partial charge < -0.3 is 0 Å². The number of benzene rings is 1. The van der Waals surface area contributed by atoms with E-state index in [2.05, 4.69) is 52.8 Å². The van der Waals surface area contributed by atoms with E-state index in [4.69, 9.17) is 5.10 Å². The summed E-state index contributed by atoms with van der Waals surface area (Å²) in [6.45, 7) is 2.21. The van der Waals surface area contributed by atoms with Crippen LogP contribution in [0.1, 0.15) is 24.2 Å². The summed E-state index contributed by atoms with van der Waals surface area (Å²) < 4.78 is 1.84. The smallest absolute Gasteiger partial charge is 0.186 e. The monoisotopic (exact) mass is 352 g/mol. The fraction of sp³-hybridized carbons (Fsp3) is 0.167. The lowest BCUT2D eigenvalue weighted by molar-refractivity contribution is 0.843. The van der Waals surface area contributed by atoms with E-state index < -0.39 is 0 Å². The molecule has 4 aromatic rings. The number of thioether (sulfide) groups is 1. The van der Waals surface area contributed by atoms with Crippen molar-refractivity contribution >= 4 is 28.7 Å². The maximum atomic E-state index is 4.76. The topological polar surface area (TPSA) is 43.1 Å². The summed E-state index contributed by atoms with van der Waals surface area (Å²) in [5, 5.41) is 18.7. The SMILES string of the molecule is CCC(Sc1ccc2nnc(-c3ccsc3)n2n1)c1ccccc1. The van der Waals surface area contributed by atoms with Gasteiger partial charge in [-0.05, 0) is 35.6 Å². The molecule has 6 heteroatoms. The maximum Gasteiger partial charge on any atom is 0.186 e. The van der Waals surface area contributed by atoms with E-state index >= 15 is 0 Å². The summed E-state index contributed by atoms with van der Waals surface area (Å²) in [5.74, 6) is 0.793. The molecule has 4 nitrogen and oxygen atoms in total. The zero-order chi connectivity index (χ0) is 16.4. The third-order valence-electron chi connectivity index (χ3n) is 3.82. The second kappa shape index (κ2) is 6.75. The standard InChI is InChI=1S/C18H16N4S2/c1-2-15(13-6-4-3-5-7-13)24-17-9-8-16-19-20-18(22(16)21-17)14-10-11-23-12-14/h3-12,15H,2H2,1H3. The summed E-state index contributed by atoms with van der Waals surface area (Å²) in [6, 6.07) is 16.6. The highest BCUT2D eigenvalue weighted by Crippen LogP contribution is 2.36. The second-order valence-corrected chi connectivity index (χ2v) is 7.41. The van der Waals surface area contributed by atoms with Crippen molar-refractivity contribution in [2.24, 2.45) is 0 Å². The zero-order valence-corrected chi connectivity index (χ0v) is 14.8. The predicted octanol–water partition coefficient (Wildman–Crippen LogP) is 5.10. The second-order valence-electron chi connectivity index (χ2n) is 5.40. The highest BCUT2D eigenvalue weighted by Gasteiger charge is 2.14. The van der Waals surface area contributed by atoms with E-state index in [-0.39, 0.29) is 0 Å². The van der Waals surface area contributed by atoms with Gasteiger partial charge in [-0.1, -0.05) is 49.0 Å². The quantitative estimate of drug-likeness (QED) is 0.469. The average molecular weight is 352 g/mol. The predicted molar refractivity (Wildman–Crippen MR) is 99.4 cm³/mol. The Morgan fingerprint density at radius 3 is 2.71 bits per heavy atom. The number of aromatic nitrogens is 4. The van der Waals surface area contributed by atoms with Crippen LogP contribution in [-0.2, 0) is 0 Å². The number of hydrogen-bond acceptors (Lipinski definition) is 5. The van der Waals surface area contributed by atoms with Gasteiger partial charge in [-0.2, -0.15) is 21.0 Å². The number of nitrogens with zero attached hydrogens (tertiary/aromatic N) is 4. The molecule has 120 valence electrons. The number of rotatable bonds is 5. The van der Waals surface area contributed by atoms with Crippen LogP contribution in [0.3, 0.4) is 0 Å². The largest absolute Gasteiger partial charge is 0.192 e. The Kier molecular flexibility index (Phi) is 4.32. The van der Waals surface area contributed by atoms with Gasteiger partial charge in [-0.3, -0.25) is 0 Å². The van der Waals surface area contributed by atoms with Crippen molar-refractivity contribution in [1.82, 2.24) is 19.8 Å². The first kappa shape index (κ1) is 15.4. The molecule has 4 rings (SSSR count). The summed E-state index contributed by atoms with van der Waals surface area (Å²) in [5.41, 5.74) is 3.15. The van der Waals surface area contributed by atoms with E-state index in [0.717, 1.165) is 28.5 Å². The van der Waals surface area contributed by atoms with E-state index in [1.165, 1.54) is 5.56 Å². The first-order valence-corrected chi connectivity index (χ1v) is 9.64. The molecule has 1 unspecified atom stereocenters. The molecule has 24 heavy (non-hydrogen) atoms. The van der Waals surface area contributed by atoms with Crippen LogP contribution >= 0.6 is 23.1 Å². The molecule has 1 atom stereocenters. The van der Waals surface area contributed by atoms with Gasteiger partial charge in [0.15, 0.2) is 11.5 Å². The molecule has 3 aromatic heterocycles. The van der Waals surface area contributed by atoms with Crippen LogP contribution in [0.5, 0.6) is 0 Å². The van der Waals surface area contributed by atoms with Gasteiger partial charge >= 0.3 is 0 Å². The first-order valence-electron chi connectivity index (χ1n) is 7.82. The minimum Gasteiger partial charge on any atom is -0.192 e. The van der Waals surface area contributed by atoms with Crippen molar-refractivity contribution in [1.29, 1.82) is 0 Å². The molecule has 0 aliphatic carbocycles. The molecule has 0 radical (unpaired) electrons. The summed E-state index contributed by atoms with van der Waals surface area (Å²) in [4.78, 5) is 0. The Morgan fingerprint density at radius 2 is 1.96 bits per heavy atom. The van der Waals surface area contributed by atoms with Gasteiger partial charge in [0.25, 0.3) is 0 Å². The number of hydrogen-bond donors (Lipinski definition) is 0. The van der Waals surface area contributed by atoms with Crippen LogP contribution in [0.15, 0.2) is 64.3 Å². The average Bonchev–Trinajstić information content (AvgIpc) is 3.29. The molecule has 0 saturated heterocycles. The summed E-state index contributed by atoms with van der Waals surface area (Å²) in [7, 11) is 0. The Hall–Kier alpha value is -2.18. The molecule has 0 amide bonds. The van der Waals surface area contributed by atoms with Gasteiger partial charge in [0, 0.05) is 16.2 Å². The van der Waals surface area contributed by atoms with Gasteiger partial charge in [-0.15, -0.1) is 10.2 Å². The minimum absolute atomic E-state index is 0.386. The molecule has 3 heterocycles. The lowest BCUT2D eigenvalue weighted by Gasteiger charge is -2.14. The molecule has 0 N–H and O–H groups in total. The molecule has 0 saturated carbocycles. The van der Waals surface area contributed by atoms with Crippen molar-refractivity contribution in [2.75, 3.05) is 0 Å². The van der Waals surface area contributed by atoms with E-state index in [9.17, 15) is 0 Å². The van der Waals surface area contributed by atoms with Crippen LogP contribution < -0.4 is 0 Å². The van der Waals surface area contributed by atoms with Crippen LogP contribution in [0.4, 0.5) is 0 Å². The van der Waals surface area contributed by atoms with Crippen molar-refractivity contribution in [3.8, 4) is 11.4 Å². The highest BCUT2D eigenvalue weighted by molar-refractivity contribution is 7.99. The Morgan fingerprint density at radius 1 is 1.08 bits per heavy atom. The molecule has 0 aliphatic rings. The van der Waals surface area contributed by atoms with Crippen molar-refractivity contribution in [3.63, 3.8) is 0 Å². The highest BCUT2D eigenvalue weighted by atomic mass is 32.2. The van der Waals surface area contributed by atoms with Crippen molar-refractivity contribution in [3.05, 3.63) is 64.9 Å². The van der Waals surface area contributed by atoms with Crippen molar-refractivity contribution in [2.45, 2.75) is 23.6 Å².